The number of amides is 1. The molecule has 0 aliphatic rings. The summed E-state index contributed by atoms with van der Waals surface area (Å²) in [5, 5.41) is 2.66. The van der Waals surface area contributed by atoms with Crippen LogP contribution >= 0.6 is 0 Å². The van der Waals surface area contributed by atoms with Crippen molar-refractivity contribution in [3.63, 3.8) is 0 Å². The SMILES string of the molecule is O=C(c1ccccc1)c1ccc(COC(=O)c2ccccc2NC(=O)c2ccco2)cc1. The van der Waals surface area contributed by atoms with Crippen LogP contribution in [0.5, 0.6) is 0 Å². The van der Waals surface area contributed by atoms with Gasteiger partial charge in [0.05, 0.1) is 17.5 Å². The number of carbonyl (C=O) groups is 3. The van der Waals surface area contributed by atoms with Crippen molar-refractivity contribution in [2.75, 3.05) is 5.32 Å². The first-order valence-corrected chi connectivity index (χ1v) is 9.91. The lowest BCUT2D eigenvalue weighted by atomic mass is 10.0. The summed E-state index contributed by atoms with van der Waals surface area (Å²) in [4.78, 5) is 37.3. The molecule has 1 aromatic heterocycles. The van der Waals surface area contributed by atoms with Gasteiger partial charge in [0.15, 0.2) is 11.5 Å². The lowest BCUT2D eigenvalue weighted by molar-refractivity contribution is 0.0473. The summed E-state index contributed by atoms with van der Waals surface area (Å²) in [5.41, 5.74) is 2.45. The molecular weight excluding hydrogens is 406 g/mol. The van der Waals surface area contributed by atoms with Gasteiger partial charge in [0.2, 0.25) is 0 Å². The van der Waals surface area contributed by atoms with E-state index in [1.54, 1.807) is 66.7 Å². The summed E-state index contributed by atoms with van der Waals surface area (Å²) >= 11 is 0. The Morgan fingerprint density at radius 3 is 2.16 bits per heavy atom. The average Bonchev–Trinajstić information content (AvgIpc) is 3.39. The largest absolute Gasteiger partial charge is 0.459 e. The molecule has 0 aliphatic carbocycles. The van der Waals surface area contributed by atoms with Gasteiger partial charge in [0, 0.05) is 11.1 Å². The molecule has 3 aromatic carbocycles. The zero-order valence-electron chi connectivity index (χ0n) is 17.0. The van der Waals surface area contributed by atoms with Crippen molar-refractivity contribution in [1.29, 1.82) is 0 Å². The minimum absolute atomic E-state index is 0.0269. The third-order valence-electron chi connectivity index (χ3n) is 4.76. The summed E-state index contributed by atoms with van der Waals surface area (Å²) in [5.74, 6) is -0.979. The molecule has 0 fully saturated rings. The second kappa shape index (κ2) is 9.57. The molecule has 0 spiro atoms. The van der Waals surface area contributed by atoms with Crippen molar-refractivity contribution in [1.82, 2.24) is 0 Å². The highest BCUT2D eigenvalue weighted by Gasteiger charge is 2.17. The molecule has 1 heterocycles. The minimum atomic E-state index is -0.579. The van der Waals surface area contributed by atoms with Crippen LogP contribution in [-0.4, -0.2) is 17.7 Å². The van der Waals surface area contributed by atoms with Gasteiger partial charge in [-0.3, -0.25) is 9.59 Å². The van der Waals surface area contributed by atoms with Crippen molar-refractivity contribution in [2.24, 2.45) is 0 Å². The fourth-order valence-electron chi connectivity index (χ4n) is 3.10. The summed E-state index contributed by atoms with van der Waals surface area (Å²) in [7, 11) is 0. The molecule has 1 N–H and O–H groups in total. The molecule has 0 radical (unpaired) electrons. The fourth-order valence-corrected chi connectivity index (χ4v) is 3.10. The smallest absolute Gasteiger partial charge is 0.340 e. The molecule has 0 unspecified atom stereocenters. The molecule has 32 heavy (non-hydrogen) atoms. The molecule has 0 atom stereocenters. The Bertz CT molecular complexity index is 1230. The molecule has 0 saturated heterocycles. The number of carbonyl (C=O) groups excluding carboxylic acids is 3. The Hall–Kier alpha value is -4.45. The third-order valence-corrected chi connectivity index (χ3v) is 4.76. The van der Waals surface area contributed by atoms with E-state index < -0.39 is 11.9 Å². The van der Waals surface area contributed by atoms with Crippen LogP contribution in [0.1, 0.15) is 42.4 Å². The van der Waals surface area contributed by atoms with Gasteiger partial charge in [-0.05, 0) is 29.8 Å². The second-order valence-electron chi connectivity index (χ2n) is 6.95. The number of benzene rings is 3. The van der Waals surface area contributed by atoms with E-state index in [0.29, 0.717) is 16.8 Å². The Morgan fingerprint density at radius 2 is 1.44 bits per heavy atom. The van der Waals surface area contributed by atoms with Crippen molar-refractivity contribution >= 4 is 23.3 Å². The van der Waals surface area contributed by atoms with Crippen LogP contribution in [0.2, 0.25) is 0 Å². The Balaban J connectivity index is 1.40. The van der Waals surface area contributed by atoms with Crippen LogP contribution < -0.4 is 5.32 Å². The van der Waals surface area contributed by atoms with Gasteiger partial charge < -0.3 is 14.5 Å². The van der Waals surface area contributed by atoms with Crippen LogP contribution in [0.25, 0.3) is 0 Å². The summed E-state index contributed by atoms with van der Waals surface area (Å²) in [6.45, 7) is 0.0269. The first-order chi connectivity index (χ1) is 15.6. The molecule has 0 saturated carbocycles. The molecule has 0 bridgehead atoms. The molecule has 4 aromatic rings. The predicted molar refractivity (Wildman–Crippen MR) is 119 cm³/mol. The monoisotopic (exact) mass is 425 g/mol. The number of rotatable bonds is 7. The Kier molecular flexibility index (Phi) is 6.22. The summed E-state index contributed by atoms with van der Waals surface area (Å²) in [6.07, 6.45) is 1.40. The first kappa shape index (κ1) is 20.8. The van der Waals surface area contributed by atoms with Crippen LogP contribution in [0.4, 0.5) is 5.69 Å². The molecule has 6 nitrogen and oxygen atoms in total. The van der Waals surface area contributed by atoms with Gasteiger partial charge in [0.25, 0.3) is 5.91 Å². The summed E-state index contributed by atoms with van der Waals surface area (Å²) < 4.78 is 10.5. The Labute approximate surface area is 184 Å². The maximum absolute atomic E-state index is 12.6. The average molecular weight is 425 g/mol. The van der Waals surface area contributed by atoms with Gasteiger partial charge in [-0.25, -0.2) is 4.79 Å². The lowest BCUT2D eigenvalue weighted by Crippen LogP contribution is -2.15. The van der Waals surface area contributed by atoms with Crippen LogP contribution in [0.15, 0.2) is 102 Å². The highest BCUT2D eigenvalue weighted by atomic mass is 16.5. The number of para-hydroxylation sites is 1. The molecule has 158 valence electrons. The molecule has 6 heteroatoms. The van der Waals surface area contributed by atoms with Gasteiger partial charge in [-0.1, -0.05) is 66.7 Å². The van der Waals surface area contributed by atoms with Gasteiger partial charge in [0.1, 0.15) is 6.61 Å². The number of nitrogens with one attached hydrogen (secondary N) is 1. The van der Waals surface area contributed by atoms with E-state index in [2.05, 4.69) is 5.32 Å². The van der Waals surface area contributed by atoms with E-state index in [1.807, 2.05) is 18.2 Å². The summed E-state index contributed by atoms with van der Waals surface area (Å²) in [6, 6.07) is 25.6. The first-order valence-electron chi connectivity index (χ1n) is 9.91. The molecule has 4 rings (SSSR count). The predicted octanol–water partition coefficient (Wildman–Crippen LogP) is 5.12. The molecular formula is C26H19NO5. The number of hydrogen-bond acceptors (Lipinski definition) is 5. The molecule has 0 aliphatic heterocycles. The van der Waals surface area contributed by atoms with E-state index in [-0.39, 0.29) is 23.7 Å². The van der Waals surface area contributed by atoms with E-state index in [9.17, 15) is 14.4 Å². The zero-order chi connectivity index (χ0) is 22.3. The number of esters is 1. The van der Waals surface area contributed by atoms with Crippen molar-refractivity contribution in [2.45, 2.75) is 6.61 Å². The van der Waals surface area contributed by atoms with Crippen LogP contribution in [0, 0.1) is 0 Å². The van der Waals surface area contributed by atoms with E-state index in [1.165, 1.54) is 12.3 Å². The van der Waals surface area contributed by atoms with E-state index in [0.717, 1.165) is 5.56 Å². The molecule has 1 amide bonds. The minimum Gasteiger partial charge on any atom is -0.459 e. The highest BCUT2D eigenvalue weighted by molar-refractivity contribution is 6.09. The number of hydrogen-bond donors (Lipinski definition) is 1. The van der Waals surface area contributed by atoms with Gasteiger partial charge >= 0.3 is 5.97 Å². The van der Waals surface area contributed by atoms with Crippen molar-refractivity contribution < 1.29 is 23.5 Å². The van der Waals surface area contributed by atoms with Gasteiger partial charge in [-0.2, -0.15) is 0 Å². The number of furan rings is 1. The topological polar surface area (TPSA) is 85.6 Å². The van der Waals surface area contributed by atoms with Crippen LogP contribution in [0.3, 0.4) is 0 Å². The lowest BCUT2D eigenvalue weighted by Gasteiger charge is -2.10. The van der Waals surface area contributed by atoms with E-state index in [4.69, 9.17) is 9.15 Å². The van der Waals surface area contributed by atoms with E-state index >= 15 is 0 Å². The Morgan fingerprint density at radius 1 is 0.750 bits per heavy atom. The second-order valence-corrected chi connectivity index (χ2v) is 6.95. The number of ether oxygens (including phenoxy) is 1. The zero-order valence-corrected chi connectivity index (χ0v) is 17.0. The van der Waals surface area contributed by atoms with Crippen molar-refractivity contribution in [3.8, 4) is 0 Å². The third kappa shape index (κ3) is 4.82. The quantitative estimate of drug-likeness (QED) is 0.328. The standard InChI is InChI=1S/C26H19NO5/c28-24(19-7-2-1-3-8-19)20-14-12-18(13-15-20)17-32-26(30)21-9-4-5-10-22(21)27-25(29)23-11-6-16-31-23/h1-16H,17H2,(H,27,29). The maximum atomic E-state index is 12.6. The normalized spacial score (nSPS) is 10.4. The fraction of sp³-hybridized carbons (Fsp3) is 0.0385. The highest BCUT2D eigenvalue weighted by Crippen LogP contribution is 2.19. The van der Waals surface area contributed by atoms with Gasteiger partial charge in [-0.15, -0.1) is 0 Å². The van der Waals surface area contributed by atoms with Crippen molar-refractivity contribution in [3.05, 3.63) is 125 Å². The number of ketones is 1. The van der Waals surface area contributed by atoms with Crippen LogP contribution in [-0.2, 0) is 11.3 Å². The number of anilines is 1. The maximum Gasteiger partial charge on any atom is 0.340 e.